The van der Waals surface area contributed by atoms with Crippen LogP contribution in [0.25, 0.3) is 0 Å². The van der Waals surface area contributed by atoms with E-state index in [-0.39, 0.29) is 11.8 Å². The van der Waals surface area contributed by atoms with Crippen molar-refractivity contribution < 1.29 is 9.59 Å². The molecule has 0 aliphatic carbocycles. The molecule has 0 aliphatic heterocycles. The molecule has 5 heteroatoms. The van der Waals surface area contributed by atoms with Gasteiger partial charge in [0.1, 0.15) is 0 Å². The van der Waals surface area contributed by atoms with Crippen LogP contribution >= 0.6 is 0 Å². The van der Waals surface area contributed by atoms with Gasteiger partial charge in [-0.15, -0.1) is 0 Å². The Morgan fingerprint density at radius 1 is 0.862 bits per heavy atom. The third-order valence-electron chi connectivity index (χ3n) is 4.82. The maximum atomic E-state index is 13.0. The molecule has 2 aromatic carbocycles. The highest BCUT2D eigenvalue weighted by molar-refractivity contribution is 6.07. The van der Waals surface area contributed by atoms with E-state index in [1.807, 2.05) is 49.4 Å². The van der Waals surface area contributed by atoms with Crippen molar-refractivity contribution in [2.75, 3.05) is 25.0 Å². The van der Waals surface area contributed by atoms with Gasteiger partial charge >= 0.3 is 0 Å². The van der Waals surface area contributed by atoms with Crippen LogP contribution in [0.2, 0.25) is 0 Å². The van der Waals surface area contributed by atoms with E-state index in [1.165, 1.54) is 0 Å². The number of amides is 2. The molecule has 0 saturated carbocycles. The number of aromatic nitrogens is 1. The van der Waals surface area contributed by atoms with E-state index in [1.54, 1.807) is 53.5 Å². The number of nitrogens with zero attached hydrogens (tertiary/aromatic N) is 3. The van der Waals surface area contributed by atoms with E-state index in [2.05, 4.69) is 4.98 Å². The van der Waals surface area contributed by atoms with Crippen LogP contribution in [0.1, 0.15) is 33.2 Å². The normalized spacial score (nSPS) is 10.4. The molecule has 0 saturated heterocycles. The number of carbonyl (C=O) groups excluding carboxylic acids is 2. The average Bonchev–Trinajstić information content (AvgIpc) is 2.79. The number of hydrogen-bond donors (Lipinski definition) is 0. The van der Waals surface area contributed by atoms with E-state index in [0.29, 0.717) is 24.2 Å². The van der Waals surface area contributed by atoms with Crippen LogP contribution in [0.4, 0.5) is 5.69 Å². The summed E-state index contributed by atoms with van der Waals surface area (Å²) in [6.07, 6.45) is 4.25. The molecular weight excluding hydrogens is 362 g/mol. The average molecular weight is 387 g/mol. The van der Waals surface area contributed by atoms with Crippen LogP contribution in [0, 0.1) is 0 Å². The second kappa shape index (κ2) is 9.64. The Hall–Kier alpha value is -3.47. The van der Waals surface area contributed by atoms with Gasteiger partial charge in [0.15, 0.2) is 0 Å². The van der Waals surface area contributed by atoms with Crippen molar-refractivity contribution in [1.29, 1.82) is 0 Å². The molecule has 1 aromatic heterocycles. The SMILES string of the molecule is CCN(C(=O)c1cccc(C(=O)N(C)CCc2ccncc2)c1)c1ccccc1. The van der Waals surface area contributed by atoms with Gasteiger partial charge in [0.25, 0.3) is 11.8 Å². The highest BCUT2D eigenvalue weighted by Gasteiger charge is 2.18. The first-order valence-corrected chi connectivity index (χ1v) is 9.71. The highest BCUT2D eigenvalue weighted by atomic mass is 16.2. The molecule has 3 rings (SSSR count). The minimum absolute atomic E-state index is 0.100. The van der Waals surface area contributed by atoms with Gasteiger partial charge in [-0.1, -0.05) is 24.3 Å². The Labute approximate surface area is 171 Å². The molecule has 5 nitrogen and oxygen atoms in total. The number of benzene rings is 2. The summed E-state index contributed by atoms with van der Waals surface area (Å²) in [4.78, 5) is 33.3. The summed E-state index contributed by atoms with van der Waals surface area (Å²) in [6.45, 7) is 3.08. The zero-order valence-corrected chi connectivity index (χ0v) is 16.8. The van der Waals surface area contributed by atoms with Gasteiger partial charge in [-0.2, -0.15) is 0 Å². The monoisotopic (exact) mass is 387 g/mol. The summed E-state index contributed by atoms with van der Waals surface area (Å²) in [5.41, 5.74) is 2.98. The van der Waals surface area contributed by atoms with Gasteiger partial charge in [-0.25, -0.2) is 0 Å². The van der Waals surface area contributed by atoms with Crippen LogP contribution in [-0.4, -0.2) is 41.8 Å². The van der Waals surface area contributed by atoms with Crippen LogP contribution in [0.3, 0.4) is 0 Å². The number of hydrogen-bond acceptors (Lipinski definition) is 3. The van der Waals surface area contributed by atoms with E-state index >= 15 is 0 Å². The van der Waals surface area contributed by atoms with Crippen LogP contribution in [0.15, 0.2) is 79.1 Å². The van der Waals surface area contributed by atoms with E-state index < -0.39 is 0 Å². The second-order valence-electron chi connectivity index (χ2n) is 6.80. The van der Waals surface area contributed by atoms with E-state index in [9.17, 15) is 9.59 Å². The third kappa shape index (κ3) is 5.08. The lowest BCUT2D eigenvalue weighted by molar-refractivity contribution is 0.0796. The van der Waals surface area contributed by atoms with E-state index in [4.69, 9.17) is 0 Å². The minimum atomic E-state index is -0.118. The summed E-state index contributed by atoms with van der Waals surface area (Å²) >= 11 is 0. The molecule has 2 amide bonds. The Balaban J connectivity index is 1.72. The van der Waals surface area contributed by atoms with Crippen LogP contribution in [-0.2, 0) is 6.42 Å². The van der Waals surface area contributed by atoms with Crippen molar-refractivity contribution in [3.05, 3.63) is 95.8 Å². The smallest absolute Gasteiger partial charge is 0.258 e. The molecule has 0 radical (unpaired) electrons. The Morgan fingerprint density at radius 2 is 1.52 bits per heavy atom. The molecule has 1 heterocycles. The first-order chi connectivity index (χ1) is 14.1. The summed E-state index contributed by atoms with van der Waals surface area (Å²) in [5.74, 6) is -0.218. The fourth-order valence-electron chi connectivity index (χ4n) is 3.16. The second-order valence-corrected chi connectivity index (χ2v) is 6.80. The zero-order chi connectivity index (χ0) is 20.6. The Kier molecular flexibility index (Phi) is 6.74. The quantitative estimate of drug-likeness (QED) is 0.614. The molecule has 0 unspecified atom stereocenters. The number of anilines is 1. The Morgan fingerprint density at radius 3 is 2.17 bits per heavy atom. The lowest BCUT2D eigenvalue weighted by Crippen LogP contribution is -2.31. The summed E-state index contributed by atoms with van der Waals surface area (Å²) in [5, 5.41) is 0. The highest BCUT2D eigenvalue weighted by Crippen LogP contribution is 2.18. The largest absolute Gasteiger partial charge is 0.341 e. The van der Waals surface area contributed by atoms with Gasteiger partial charge in [-0.05, 0) is 61.4 Å². The maximum Gasteiger partial charge on any atom is 0.258 e. The molecule has 0 N–H and O–H groups in total. The fraction of sp³-hybridized carbons (Fsp3) is 0.208. The Bertz CT molecular complexity index is 958. The predicted octanol–water partition coefficient (Wildman–Crippen LogP) is 4.06. The molecule has 3 aromatic rings. The number of rotatable bonds is 7. The van der Waals surface area contributed by atoms with Gasteiger partial charge in [-0.3, -0.25) is 14.6 Å². The van der Waals surface area contributed by atoms with Crippen molar-refractivity contribution >= 4 is 17.5 Å². The van der Waals surface area contributed by atoms with Crippen molar-refractivity contribution in [2.24, 2.45) is 0 Å². The summed E-state index contributed by atoms with van der Waals surface area (Å²) in [6, 6.07) is 20.4. The number of pyridine rings is 1. The van der Waals surface area contributed by atoms with E-state index in [0.717, 1.165) is 17.7 Å². The van der Waals surface area contributed by atoms with Crippen molar-refractivity contribution in [2.45, 2.75) is 13.3 Å². The predicted molar refractivity (Wildman–Crippen MR) is 115 cm³/mol. The lowest BCUT2D eigenvalue weighted by Gasteiger charge is -2.22. The van der Waals surface area contributed by atoms with Gasteiger partial charge < -0.3 is 9.80 Å². The summed E-state index contributed by atoms with van der Waals surface area (Å²) in [7, 11) is 1.78. The maximum absolute atomic E-state index is 13.0. The molecule has 148 valence electrons. The van der Waals surface area contributed by atoms with Crippen molar-refractivity contribution in [1.82, 2.24) is 9.88 Å². The van der Waals surface area contributed by atoms with Gasteiger partial charge in [0, 0.05) is 49.3 Å². The van der Waals surface area contributed by atoms with Gasteiger partial charge in [0.05, 0.1) is 0 Å². The first-order valence-electron chi connectivity index (χ1n) is 9.71. The number of para-hydroxylation sites is 1. The fourth-order valence-corrected chi connectivity index (χ4v) is 3.16. The number of carbonyl (C=O) groups is 2. The van der Waals surface area contributed by atoms with Crippen LogP contribution in [0.5, 0.6) is 0 Å². The van der Waals surface area contributed by atoms with Crippen LogP contribution < -0.4 is 4.90 Å². The lowest BCUT2D eigenvalue weighted by atomic mass is 10.1. The third-order valence-corrected chi connectivity index (χ3v) is 4.82. The molecule has 0 atom stereocenters. The molecular formula is C24H25N3O2. The van der Waals surface area contributed by atoms with Crippen molar-refractivity contribution in [3.63, 3.8) is 0 Å². The molecule has 0 fully saturated rings. The van der Waals surface area contributed by atoms with Crippen molar-refractivity contribution in [3.8, 4) is 0 Å². The molecule has 0 bridgehead atoms. The molecule has 0 aliphatic rings. The van der Waals surface area contributed by atoms with Gasteiger partial charge in [0.2, 0.25) is 0 Å². The zero-order valence-electron chi connectivity index (χ0n) is 16.8. The molecule has 0 spiro atoms. The topological polar surface area (TPSA) is 53.5 Å². The first kappa shape index (κ1) is 20.3. The molecule has 29 heavy (non-hydrogen) atoms. The number of likely N-dealkylation sites (N-methyl/N-ethyl adjacent to an activating group) is 1. The summed E-state index contributed by atoms with van der Waals surface area (Å²) < 4.78 is 0. The standard InChI is InChI=1S/C24H25N3O2/c1-3-27(22-10-5-4-6-11-22)24(29)21-9-7-8-20(18-21)23(28)26(2)17-14-19-12-15-25-16-13-19/h4-13,15-16,18H,3,14,17H2,1-2H3. The minimum Gasteiger partial charge on any atom is -0.341 e.